The Morgan fingerprint density at radius 1 is 0.897 bits per heavy atom. The number of nitrogens with zero attached hydrogens (tertiary/aromatic N) is 2. The Balaban J connectivity index is 0.000000224. The van der Waals surface area contributed by atoms with Crippen LogP contribution in [-0.2, 0) is 0 Å². The van der Waals surface area contributed by atoms with Crippen LogP contribution in [-0.4, -0.2) is 31.9 Å². The van der Waals surface area contributed by atoms with Gasteiger partial charge < -0.3 is 15.5 Å². The van der Waals surface area contributed by atoms with Crippen LogP contribution in [0.15, 0.2) is 78.9 Å². The first-order valence-electron chi connectivity index (χ1n) is 11.8. The van der Waals surface area contributed by atoms with Gasteiger partial charge in [-0.2, -0.15) is 0 Å². The predicted octanol–water partition coefficient (Wildman–Crippen LogP) is 6.51. The van der Waals surface area contributed by atoms with Gasteiger partial charge in [0.1, 0.15) is 0 Å². The first kappa shape index (κ1) is 28.3. The number of rotatable bonds is 7. The van der Waals surface area contributed by atoms with Crippen molar-refractivity contribution in [2.75, 3.05) is 5.32 Å². The maximum atomic E-state index is 12.4. The van der Waals surface area contributed by atoms with Gasteiger partial charge in [-0.05, 0) is 35.9 Å². The molecule has 0 aliphatic carbocycles. The van der Waals surface area contributed by atoms with Gasteiger partial charge in [0.2, 0.25) is 0 Å². The number of carbonyl (C=O) groups is 2. The molecule has 4 rings (SSSR count). The van der Waals surface area contributed by atoms with E-state index in [2.05, 4.69) is 5.32 Å². The molecule has 11 heteroatoms. The van der Waals surface area contributed by atoms with Crippen molar-refractivity contribution < 1.29 is 29.6 Å². The number of benzene rings is 4. The first-order valence-corrected chi connectivity index (χ1v) is 11.8. The van der Waals surface area contributed by atoms with E-state index in [1.165, 1.54) is 18.2 Å². The molecule has 4 aromatic carbocycles. The second-order valence-electron chi connectivity index (χ2n) is 8.56. The van der Waals surface area contributed by atoms with Gasteiger partial charge in [0, 0.05) is 22.7 Å². The molecular formula is C28H25N3O8. The van der Waals surface area contributed by atoms with Gasteiger partial charge in [-0.15, -0.1) is 0 Å². The minimum absolute atomic E-state index is 0.0137. The van der Waals surface area contributed by atoms with E-state index >= 15 is 0 Å². The van der Waals surface area contributed by atoms with E-state index in [9.17, 15) is 40.0 Å². The molecule has 0 saturated heterocycles. The number of fused-ring (bicyclic) bond motifs is 1. The molecule has 39 heavy (non-hydrogen) atoms. The number of non-ortho nitro benzene ring substituents is 1. The molecule has 1 atom stereocenters. The van der Waals surface area contributed by atoms with E-state index in [1.807, 2.05) is 43.3 Å². The summed E-state index contributed by atoms with van der Waals surface area (Å²) in [5.41, 5.74) is -0.000775. The topological polar surface area (TPSA) is 173 Å². The summed E-state index contributed by atoms with van der Waals surface area (Å²) in [7, 11) is 0. The molecule has 0 radical (unpaired) electrons. The second kappa shape index (κ2) is 12.3. The molecule has 0 aliphatic heterocycles. The van der Waals surface area contributed by atoms with Crippen molar-refractivity contribution in [1.82, 2.24) is 0 Å². The monoisotopic (exact) mass is 531 g/mol. The third kappa shape index (κ3) is 6.52. The lowest BCUT2D eigenvalue weighted by Crippen LogP contribution is -2.16. The maximum Gasteiger partial charge on any atom is 0.336 e. The summed E-state index contributed by atoms with van der Waals surface area (Å²) in [6, 6.07) is 21.4. The quantitative estimate of drug-likeness (QED) is 0.179. The number of carbonyl (C=O) groups excluding carboxylic acids is 1. The van der Waals surface area contributed by atoms with Crippen molar-refractivity contribution in [1.29, 1.82) is 0 Å². The number of nitro benzene ring substituents is 2. The van der Waals surface area contributed by atoms with Gasteiger partial charge in [-0.25, -0.2) is 4.79 Å². The molecule has 4 aromatic rings. The van der Waals surface area contributed by atoms with Gasteiger partial charge in [0.15, 0.2) is 5.75 Å². The Morgan fingerprint density at radius 2 is 1.51 bits per heavy atom. The van der Waals surface area contributed by atoms with Crippen molar-refractivity contribution in [3.63, 3.8) is 0 Å². The number of phenols is 1. The van der Waals surface area contributed by atoms with Crippen LogP contribution < -0.4 is 5.32 Å². The molecule has 0 aromatic heterocycles. The van der Waals surface area contributed by atoms with Crippen LogP contribution in [0.25, 0.3) is 10.8 Å². The highest BCUT2D eigenvalue weighted by atomic mass is 16.6. The number of hydrogen-bond acceptors (Lipinski definition) is 7. The molecule has 200 valence electrons. The average Bonchev–Trinajstić information content (AvgIpc) is 2.93. The fourth-order valence-corrected chi connectivity index (χ4v) is 3.86. The molecule has 0 aliphatic rings. The zero-order valence-corrected chi connectivity index (χ0v) is 21.0. The number of amides is 1. The molecule has 0 saturated carbocycles. The lowest BCUT2D eigenvalue weighted by Gasteiger charge is -2.10. The third-order valence-corrected chi connectivity index (χ3v) is 6.09. The highest BCUT2D eigenvalue weighted by molar-refractivity contribution is 6.13. The Morgan fingerprint density at radius 3 is 2.13 bits per heavy atom. The number of carboxylic acid groups (broad SMARTS) is 1. The van der Waals surface area contributed by atoms with Crippen LogP contribution in [0.4, 0.5) is 17.1 Å². The number of carboxylic acids is 1. The molecule has 1 amide bonds. The fourth-order valence-electron chi connectivity index (χ4n) is 3.86. The summed E-state index contributed by atoms with van der Waals surface area (Å²) in [4.78, 5) is 43.4. The van der Waals surface area contributed by atoms with E-state index < -0.39 is 33.2 Å². The minimum Gasteiger partial charge on any atom is -0.502 e. The molecule has 0 heterocycles. The van der Waals surface area contributed by atoms with Crippen LogP contribution in [0.2, 0.25) is 0 Å². The van der Waals surface area contributed by atoms with E-state index in [0.29, 0.717) is 12.1 Å². The Kier molecular flexibility index (Phi) is 8.90. The van der Waals surface area contributed by atoms with Crippen molar-refractivity contribution >= 4 is 39.7 Å². The van der Waals surface area contributed by atoms with Gasteiger partial charge in [0.05, 0.1) is 27.0 Å². The fraction of sp³-hybridized carbons (Fsp3) is 0.143. The summed E-state index contributed by atoms with van der Waals surface area (Å²) in [5, 5.41) is 44.9. The second-order valence-corrected chi connectivity index (χ2v) is 8.56. The molecule has 0 fully saturated rings. The standard InChI is InChI=1S/C18H13NO3.C10H12N2O5/c20-17(14-9-3-4-10-15(14)18(21)22)19-16-11-5-7-12-6-1-2-8-13(12)16;1-3-6(2)8-4-7(11(14)15)5-9(10(8)13)12(16)17/h1-11H,(H,19,20)(H,21,22);4-6,13H,3H2,1-2H3. The normalized spacial score (nSPS) is 11.1. The Bertz CT molecular complexity index is 1560. The lowest BCUT2D eigenvalue weighted by molar-refractivity contribution is -0.394. The minimum atomic E-state index is -1.12. The number of nitro groups is 2. The molecule has 11 nitrogen and oxygen atoms in total. The highest BCUT2D eigenvalue weighted by Gasteiger charge is 2.25. The first-order chi connectivity index (χ1) is 18.5. The van der Waals surface area contributed by atoms with Gasteiger partial charge in [-0.3, -0.25) is 25.0 Å². The van der Waals surface area contributed by atoms with Gasteiger partial charge in [-0.1, -0.05) is 62.4 Å². The predicted molar refractivity (Wildman–Crippen MR) is 145 cm³/mol. The molecule has 1 unspecified atom stereocenters. The number of nitrogens with one attached hydrogen (secondary N) is 1. The maximum absolute atomic E-state index is 12.4. The van der Waals surface area contributed by atoms with E-state index in [-0.39, 0.29) is 28.3 Å². The number of hydrogen-bond donors (Lipinski definition) is 3. The summed E-state index contributed by atoms with van der Waals surface area (Å²) in [6.45, 7) is 3.57. The van der Waals surface area contributed by atoms with Gasteiger partial charge >= 0.3 is 11.7 Å². The molecule has 3 N–H and O–H groups in total. The van der Waals surface area contributed by atoms with Crippen LogP contribution in [0, 0.1) is 20.2 Å². The summed E-state index contributed by atoms with van der Waals surface area (Å²) >= 11 is 0. The van der Waals surface area contributed by atoms with Crippen molar-refractivity contribution in [2.24, 2.45) is 0 Å². The highest BCUT2D eigenvalue weighted by Crippen LogP contribution is 2.39. The van der Waals surface area contributed by atoms with E-state index in [1.54, 1.807) is 25.1 Å². The average molecular weight is 532 g/mol. The number of phenolic OH excluding ortho intramolecular Hbond substituents is 1. The molecule has 0 spiro atoms. The summed E-state index contributed by atoms with van der Waals surface area (Å²) < 4.78 is 0. The van der Waals surface area contributed by atoms with Crippen LogP contribution in [0.5, 0.6) is 5.75 Å². The van der Waals surface area contributed by atoms with Gasteiger partial charge in [0.25, 0.3) is 11.6 Å². The third-order valence-electron chi connectivity index (χ3n) is 6.09. The van der Waals surface area contributed by atoms with Crippen LogP contribution in [0.3, 0.4) is 0 Å². The molecular weight excluding hydrogens is 506 g/mol. The van der Waals surface area contributed by atoms with Crippen LogP contribution >= 0.6 is 0 Å². The number of anilines is 1. The van der Waals surface area contributed by atoms with Crippen molar-refractivity contribution in [3.05, 3.63) is 116 Å². The Hall–Kier alpha value is -5.32. The Labute approximate surface area is 222 Å². The molecule has 0 bridgehead atoms. The van der Waals surface area contributed by atoms with Crippen molar-refractivity contribution in [2.45, 2.75) is 26.2 Å². The SMILES string of the molecule is CCC(C)c1cc([N+](=O)[O-])cc([N+](=O)[O-])c1O.O=C(O)c1ccccc1C(=O)Nc1cccc2ccccc12. The lowest BCUT2D eigenvalue weighted by atomic mass is 9.96. The smallest absolute Gasteiger partial charge is 0.336 e. The largest absolute Gasteiger partial charge is 0.502 e. The van der Waals surface area contributed by atoms with Crippen molar-refractivity contribution in [3.8, 4) is 5.75 Å². The van der Waals surface area contributed by atoms with Crippen LogP contribution in [0.1, 0.15) is 52.5 Å². The summed E-state index contributed by atoms with van der Waals surface area (Å²) in [6.07, 6.45) is 0.617. The van der Waals surface area contributed by atoms with E-state index in [0.717, 1.165) is 16.8 Å². The zero-order chi connectivity index (χ0) is 28.7. The van der Waals surface area contributed by atoms with E-state index in [4.69, 9.17) is 0 Å². The number of aromatic hydroxyl groups is 1. The summed E-state index contributed by atoms with van der Waals surface area (Å²) in [5.74, 6) is -2.23. The number of aromatic carboxylic acids is 1. The zero-order valence-electron chi connectivity index (χ0n) is 21.0.